The lowest BCUT2D eigenvalue weighted by Crippen LogP contribution is -2.03. The summed E-state index contributed by atoms with van der Waals surface area (Å²) in [6.45, 7) is 0. The average Bonchev–Trinajstić information content (AvgIpc) is 2.31. The van der Waals surface area contributed by atoms with Gasteiger partial charge in [0.15, 0.2) is 0 Å². The van der Waals surface area contributed by atoms with Crippen LogP contribution in [0.2, 0.25) is 0 Å². The molecule has 2 rings (SSSR count). The van der Waals surface area contributed by atoms with E-state index < -0.39 is 46.7 Å². The van der Waals surface area contributed by atoms with Gasteiger partial charge in [0.05, 0.1) is 0 Å². The van der Waals surface area contributed by atoms with Crippen LogP contribution in [0.3, 0.4) is 0 Å². The van der Waals surface area contributed by atoms with Crippen molar-refractivity contribution in [3.8, 4) is 11.5 Å². The smallest absolute Gasteiger partial charge is 0.255 e. The lowest BCUT2D eigenvalue weighted by Gasteiger charge is -2.08. The second kappa shape index (κ2) is 4.79. The van der Waals surface area contributed by atoms with Gasteiger partial charge in [-0.2, -0.15) is 22.5 Å². The fourth-order valence-electron chi connectivity index (χ4n) is 1.26. The number of pyridine rings is 1. The Morgan fingerprint density at radius 1 is 0.737 bits per heavy atom. The van der Waals surface area contributed by atoms with Crippen LogP contribution in [0.1, 0.15) is 0 Å². The van der Waals surface area contributed by atoms with Crippen LogP contribution >= 0.6 is 0 Å². The molecule has 0 aliphatic heterocycles. The van der Waals surface area contributed by atoms with Gasteiger partial charge in [-0.1, -0.05) is 0 Å². The highest BCUT2D eigenvalue weighted by Gasteiger charge is 2.23. The molecular weight excluding hydrogens is 276 g/mol. The number of hydrogen-bond donors (Lipinski definition) is 0. The van der Waals surface area contributed by atoms with Gasteiger partial charge in [0, 0.05) is 18.2 Å². The first-order chi connectivity index (χ1) is 8.88. The third kappa shape index (κ3) is 2.61. The van der Waals surface area contributed by atoms with E-state index in [2.05, 4.69) is 9.72 Å². The SMILES string of the molecule is Fc1cc(F)cc(Oc2c(F)c(F)nc(F)c2F)c1. The standard InChI is InChI=1S/C11H3F6NO/c12-4-1-5(13)3-6(2-4)19-9-7(14)10(16)18-11(17)8(9)15/h1-3H. The predicted octanol–water partition coefficient (Wildman–Crippen LogP) is 3.71. The van der Waals surface area contributed by atoms with E-state index in [1.54, 1.807) is 0 Å². The van der Waals surface area contributed by atoms with E-state index in [1.165, 1.54) is 0 Å². The molecule has 2 nitrogen and oxygen atoms in total. The molecule has 19 heavy (non-hydrogen) atoms. The Bertz CT molecular complexity index is 599. The largest absolute Gasteiger partial charge is 0.451 e. The van der Waals surface area contributed by atoms with Crippen molar-refractivity contribution < 1.29 is 31.1 Å². The van der Waals surface area contributed by atoms with Crippen LogP contribution in [0.15, 0.2) is 18.2 Å². The second-order valence-corrected chi connectivity index (χ2v) is 3.36. The van der Waals surface area contributed by atoms with Crippen molar-refractivity contribution in [2.75, 3.05) is 0 Å². The first-order valence-corrected chi connectivity index (χ1v) is 4.72. The van der Waals surface area contributed by atoms with E-state index >= 15 is 0 Å². The summed E-state index contributed by atoms with van der Waals surface area (Å²) < 4.78 is 81.9. The zero-order valence-electron chi connectivity index (χ0n) is 8.86. The van der Waals surface area contributed by atoms with Crippen molar-refractivity contribution >= 4 is 0 Å². The zero-order valence-corrected chi connectivity index (χ0v) is 8.86. The molecule has 0 aliphatic rings. The maximum atomic E-state index is 13.2. The van der Waals surface area contributed by atoms with Crippen molar-refractivity contribution in [2.24, 2.45) is 0 Å². The van der Waals surface area contributed by atoms with Crippen molar-refractivity contribution in [3.05, 3.63) is 53.4 Å². The number of aromatic nitrogens is 1. The van der Waals surface area contributed by atoms with Crippen molar-refractivity contribution in [1.29, 1.82) is 0 Å². The van der Waals surface area contributed by atoms with Gasteiger partial charge in [0.1, 0.15) is 17.4 Å². The number of rotatable bonds is 2. The highest BCUT2D eigenvalue weighted by atomic mass is 19.2. The van der Waals surface area contributed by atoms with E-state index in [9.17, 15) is 26.3 Å². The highest BCUT2D eigenvalue weighted by molar-refractivity contribution is 5.33. The van der Waals surface area contributed by atoms with Crippen LogP contribution in [-0.4, -0.2) is 4.98 Å². The van der Waals surface area contributed by atoms with Crippen molar-refractivity contribution in [3.63, 3.8) is 0 Å². The van der Waals surface area contributed by atoms with Gasteiger partial charge < -0.3 is 4.74 Å². The molecule has 0 fully saturated rings. The summed E-state index contributed by atoms with van der Waals surface area (Å²) >= 11 is 0. The molecule has 100 valence electrons. The van der Waals surface area contributed by atoms with Crippen LogP contribution in [0.4, 0.5) is 26.3 Å². The molecule has 0 saturated carbocycles. The minimum Gasteiger partial charge on any atom is -0.451 e. The third-order valence-electron chi connectivity index (χ3n) is 2.01. The van der Waals surface area contributed by atoms with Gasteiger partial charge in [-0.05, 0) is 0 Å². The molecule has 0 amide bonds. The highest BCUT2D eigenvalue weighted by Crippen LogP contribution is 2.30. The fourth-order valence-corrected chi connectivity index (χ4v) is 1.26. The number of nitrogens with zero attached hydrogens (tertiary/aromatic N) is 1. The predicted molar refractivity (Wildman–Crippen MR) is 50.5 cm³/mol. The minimum atomic E-state index is -1.94. The fraction of sp³-hybridized carbons (Fsp3) is 0. The molecule has 0 N–H and O–H groups in total. The van der Waals surface area contributed by atoms with E-state index in [-0.39, 0.29) is 0 Å². The summed E-state index contributed by atoms with van der Waals surface area (Å²) in [5.41, 5.74) is 0. The quantitative estimate of drug-likeness (QED) is 0.617. The number of benzene rings is 1. The summed E-state index contributed by atoms with van der Waals surface area (Å²) in [4.78, 5) is 2.30. The van der Waals surface area contributed by atoms with Gasteiger partial charge in [-0.3, -0.25) is 0 Å². The Hall–Kier alpha value is -2.25. The first-order valence-electron chi connectivity index (χ1n) is 4.72. The van der Waals surface area contributed by atoms with Gasteiger partial charge >= 0.3 is 0 Å². The van der Waals surface area contributed by atoms with Crippen LogP contribution < -0.4 is 4.74 Å². The van der Waals surface area contributed by atoms with E-state index in [1.807, 2.05) is 0 Å². The molecule has 0 unspecified atom stereocenters. The second-order valence-electron chi connectivity index (χ2n) is 3.36. The van der Waals surface area contributed by atoms with Gasteiger partial charge in [-0.25, -0.2) is 8.78 Å². The molecule has 0 bridgehead atoms. The molecule has 1 heterocycles. The Kier molecular flexibility index (Phi) is 3.32. The van der Waals surface area contributed by atoms with Gasteiger partial charge in [-0.15, -0.1) is 0 Å². The Morgan fingerprint density at radius 2 is 1.21 bits per heavy atom. The lowest BCUT2D eigenvalue weighted by atomic mass is 10.3. The number of halogens is 6. The maximum Gasteiger partial charge on any atom is 0.255 e. The Morgan fingerprint density at radius 3 is 1.68 bits per heavy atom. The molecule has 0 spiro atoms. The molecule has 0 aliphatic carbocycles. The first kappa shape index (κ1) is 13.2. The molecule has 1 aromatic carbocycles. The van der Waals surface area contributed by atoms with E-state index in [0.29, 0.717) is 18.2 Å². The zero-order chi connectivity index (χ0) is 14.2. The normalized spacial score (nSPS) is 10.6. The summed E-state index contributed by atoms with van der Waals surface area (Å²) in [6, 6.07) is 1.64. The average molecular weight is 279 g/mol. The van der Waals surface area contributed by atoms with Crippen LogP contribution in [0, 0.1) is 35.2 Å². The summed E-state index contributed by atoms with van der Waals surface area (Å²) in [7, 11) is 0. The molecule has 8 heteroatoms. The molecule has 0 atom stereocenters. The van der Waals surface area contributed by atoms with Crippen molar-refractivity contribution in [2.45, 2.75) is 0 Å². The lowest BCUT2D eigenvalue weighted by molar-refractivity contribution is 0.341. The van der Waals surface area contributed by atoms with E-state index in [0.717, 1.165) is 0 Å². The molecule has 0 radical (unpaired) electrons. The Labute approximate surface area is 102 Å². The van der Waals surface area contributed by atoms with Crippen LogP contribution in [-0.2, 0) is 0 Å². The number of hydrogen-bond acceptors (Lipinski definition) is 2. The summed E-state index contributed by atoms with van der Waals surface area (Å²) in [5.74, 6) is -12.0. The van der Waals surface area contributed by atoms with Gasteiger partial charge in [0.2, 0.25) is 17.4 Å². The monoisotopic (exact) mass is 279 g/mol. The summed E-state index contributed by atoms with van der Waals surface area (Å²) in [6.07, 6.45) is 0. The maximum absolute atomic E-state index is 13.2. The molecule has 0 saturated heterocycles. The van der Waals surface area contributed by atoms with Crippen LogP contribution in [0.5, 0.6) is 11.5 Å². The number of ether oxygens (including phenoxy) is 1. The third-order valence-corrected chi connectivity index (χ3v) is 2.01. The Balaban J connectivity index is 2.49. The summed E-state index contributed by atoms with van der Waals surface area (Å²) in [5, 5.41) is 0. The van der Waals surface area contributed by atoms with Crippen molar-refractivity contribution in [1.82, 2.24) is 4.98 Å². The molecule has 1 aromatic heterocycles. The van der Waals surface area contributed by atoms with Gasteiger partial charge in [0.25, 0.3) is 11.9 Å². The topological polar surface area (TPSA) is 22.1 Å². The molecular formula is C11H3F6NO. The molecule has 2 aromatic rings. The van der Waals surface area contributed by atoms with Crippen LogP contribution in [0.25, 0.3) is 0 Å². The minimum absolute atomic E-state index is 0.479. The van der Waals surface area contributed by atoms with E-state index in [4.69, 9.17) is 0 Å².